The second kappa shape index (κ2) is 52.7. The Bertz CT molecular complexity index is 1310. The number of aliphatic hydroxyl groups excluding tert-OH is 2. The molecule has 0 aliphatic heterocycles. The molecule has 0 saturated carbocycles. The lowest BCUT2D eigenvalue weighted by Crippen LogP contribution is -2.46. The molecule has 3 unspecified atom stereocenters. The molecular formula is C60H103NO5. The van der Waals surface area contributed by atoms with Crippen molar-refractivity contribution in [3.05, 3.63) is 97.2 Å². The highest BCUT2D eigenvalue weighted by Gasteiger charge is 2.24. The van der Waals surface area contributed by atoms with Gasteiger partial charge in [-0.3, -0.25) is 9.59 Å². The molecular weight excluding hydrogens is 815 g/mol. The van der Waals surface area contributed by atoms with E-state index in [9.17, 15) is 19.8 Å². The molecule has 6 heteroatoms. The van der Waals surface area contributed by atoms with E-state index >= 15 is 0 Å². The second-order valence-electron chi connectivity index (χ2n) is 18.4. The van der Waals surface area contributed by atoms with E-state index in [1.807, 2.05) is 24.3 Å². The SMILES string of the molecule is CCC/C=C/C=C/C=C/C=C/C=C/CCCCCCCC(=O)OC(CCCC/C=C\C/C=C\C/C=C\CCCCC)CC(=O)NC(CO)C(O)CCCCCCCCCCCCCCCC. The summed E-state index contributed by atoms with van der Waals surface area (Å²) in [6.45, 7) is 6.36. The maximum absolute atomic E-state index is 13.2. The molecule has 0 aliphatic rings. The van der Waals surface area contributed by atoms with E-state index in [0.717, 1.165) is 96.3 Å². The van der Waals surface area contributed by atoms with Crippen LogP contribution in [0.2, 0.25) is 0 Å². The van der Waals surface area contributed by atoms with Crippen molar-refractivity contribution < 1.29 is 24.5 Å². The van der Waals surface area contributed by atoms with Gasteiger partial charge in [0, 0.05) is 6.42 Å². The summed E-state index contributed by atoms with van der Waals surface area (Å²) in [7, 11) is 0. The summed E-state index contributed by atoms with van der Waals surface area (Å²) in [5, 5.41) is 23.8. The first-order valence-electron chi connectivity index (χ1n) is 27.5. The Labute approximate surface area is 407 Å². The minimum absolute atomic E-state index is 0.0360. The molecule has 0 radical (unpaired) electrons. The predicted octanol–water partition coefficient (Wildman–Crippen LogP) is 16.9. The van der Waals surface area contributed by atoms with Gasteiger partial charge in [-0.15, -0.1) is 0 Å². The van der Waals surface area contributed by atoms with Crippen LogP contribution in [0.5, 0.6) is 0 Å². The van der Waals surface area contributed by atoms with Gasteiger partial charge in [0.15, 0.2) is 0 Å². The van der Waals surface area contributed by atoms with Crippen molar-refractivity contribution in [2.45, 2.75) is 264 Å². The molecule has 0 aromatic rings. The molecule has 0 aliphatic carbocycles. The number of nitrogens with one attached hydrogen (secondary N) is 1. The first-order chi connectivity index (χ1) is 32.5. The summed E-state index contributed by atoms with van der Waals surface area (Å²) in [6, 6.07) is -0.726. The zero-order valence-electron chi connectivity index (χ0n) is 43.0. The molecule has 0 fully saturated rings. The molecule has 3 N–H and O–H groups in total. The molecule has 0 spiro atoms. The summed E-state index contributed by atoms with van der Waals surface area (Å²) < 4.78 is 5.92. The minimum atomic E-state index is -0.809. The van der Waals surface area contributed by atoms with E-state index in [-0.39, 0.29) is 24.9 Å². The number of hydrogen-bond acceptors (Lipinski definition) is 5. The minimum Gasteiger partial charge on any atom is -0.462 e. The highest BCUT2D eigenvalue weighted by atomic mass is 16.5. The van der Waals surface area contributed by atoms with Gasteiger partial charge in [-0.1, -0.05) is 246 Å². The largest absolute Gasteiger partial charge is 0.462 e. The molecule has 6 nitrogen and oxygen atoms in total. The van der Waals surface area contributed by atoms with Crippen LogP contribution in [-0.4, -0.2) is 46.9 Å². The zero-order valence-corrected chi connectivity index (χ0v) is 43.0. The fourth-order valence-electron chi connectivity index (χ4n) is 7.82. The van der Waals surface area contributed by atoms with Crippen molar-refractivity contribution in [2.24, 2.45) is 0 Å². The van der Waals surface area contributed by atoms with Gasteiger partial charge < -0.3 is 20.3 Å². The van der Waals surface area contributed by atoms with Gasteiger partial charge in [-0.05, 0) is 83.5 Å². The summed E-state index contributed by atoms with van der Waals surface area (Å²) in [5.41, 5.74) is 0. The van der Waals surface area contributed by atoms with Gasteiger partial charge in [0.1, 0.15) is 6.10 Å². The third-order valence-corrected chi connectivity index (χ3v) is 12.0. The lowest BCUT2D eigenvalue weighted by atomic mass is 10.0. The molecule has 3 atom stereocenters. The summed E-state index contributed by atoms with van der Waals surface area (Å²) in [6.07, 6.45) is 70.3. The van der Waals surface area contributed by atoms with Crippen LogP contribution >= 0.6 is 0 Å². The summed E-state index contributed by atoms with van der Waals surface area (Å²) >= 11 is 0. The highest BCUT2D eigenvalue weighted by molar-refractivity contribution is 5.77. The molecule has 0 aromatic heterocycles. The van der Waals surface area contributed by atoms with E-state index < -0.39 is 18.2 Å². The van der Waals surface area contributed by atoms with Crippen molar-refractivity contribution in [1.82, 2.24) is 5.32 Å². The first kappa shape index (κ1) is 62.8. The highest BCUT2D eigenvalue weighted by Crippen LogP contribution is 2.17. The number of rotatable bonds is 48. The topological polar surface area (TPSA) is 95.9 Å². The fraction of sp³-hybridized carbons (Fsp3) is 0.700. The van der Waals surface area contributed by atoms with E-state index in [1.54, 1.807) is 0 Å². The standard InChI is InChI=1S/C60H103NO5/c1-4-7-10-13-16-19-22-25-28-29-30-32-35-38-41-44-47-50-53-60(65)66-56(51-48-45-42-39-36-33-31-26-23-20-17-14-11-8-5-2)54-59(64)61-57(55-62)58(63)52-49-46-43-40-37-34-27-24-21-18-15-12-9-6-3/h10,13,16-17,19-20,22,25-26,28-32,36,39,56-58,62-63H,4-9,11-12,14-15,18,21,23-24,27,33-35,37-38,40-55H2,1-3H3,(H,61,64)/b13-10+,19-16+,20-17-,25-22+,29-28+,31-26-,32-30+,39-36-. The van der Waals surface area contributed by atoms with E-state index in [0.29, 0.717) is 19.3 Å². The van der Waals surface area contributed by atoms with Crippen LogP contribution in [0.25, 0.3) is 0 Å². The van der Waals surface area contributed by atoms with Crippen molar-refractivity contribution in [1.29, 1.82) is 0 Å². The lowest BCUT2D eigenvalue weighted by molar-refractivity contribution is -0.151. The van der Waals surface area contributed by atoms with Crippen molar-refractivity contribution in [2.75, 3.05) is 6.61 Å². The van der Waals surface area contributed by atoms with E-state index in [1.165, 1.54) is 103 Å². The molecule has 0 bridgehead atoms. The first-order valence-corrected chi connectivity index (χ1v) is 27.5. The Morgan fingerprint density at radius 1 is 0.455 bits per heavy atom. The molecule has 378 valence electrons. The number of amides is 1. The van der Waals surface area contributed by atoms with Gasteiger partial charge in [-0.25, -0.2) is 0 Å². The van der Waals surface area contributed by atoms with Crippen LogP contribution in [-0.2, 0) is 14.3 Å². The maximum Gasteiger partial charge on any atom is 0.306 e. The number of hydrogen-bond donors (Lipinski definition) is 3. The van der Waals surface area contributed by atoms with Gasteiger partial charge in [0.05, 0.1) is 25.2 Å². The molecule has 0 heterocycles. The summed E-state index contributed by atoms with van der Waals surface area (Å²) in [5.74, 6) is -0.544. The van der Waals surface area contributed by atoms with Crippen LogP contribution in [0.1, 0.15) is 245 Å². The number of esters is 1. The summed E-state index contributed by atoms with van der Waals surface area (Å²) in [4.78, 5) is 26.2. The Morgan fingerprint density at radius 3 is 1.41 bits per heavy atom. The average Bonchev–Trinajstić information content (AvgIpc) is 3.31. The number of carbonyl (C=O) groups excluding carboxylic acids is 2. The third-order valence-electron chi connectivity index (χ3n) is 12.0. The maximum atomic E-state index is 13.2. The number of allylic oxidation sites excluding steroid dienone is 16. The Kier molecular flexibility index (Phi) is 50.2. The van der Waals surface area contributed by atoms with Crippen molar-refractivity contribution in [3.63, 3.8) is 0 Å². The molecule has 0 rings (SSSR count). The monoisotopic (exact) mass is 918 g/mol. The Morgan fingerprint density at radius 2 is 0.864 bits per heavy atom. The van der Waals surface area contributed by atoms with Crippen molar-refractivity contribution in [3.8, 4) is 0 Å². The Hall–Kier alpha value is -3.22. The average molecular weight is 918 g/mol. The molecule has 0 saturated heterocycles. The van der Waals surface area contributed by atoms with Crippen LogP contribution in [0.4, 0.5) is 0 Å². The van der Waals surface area contributed by atoms with Crippen LogP contribution in [0.3, 0.4) is 0 Å². The number of aliphatic hydroxyl groups is 2. The molecule has 1 amide bonds. The van der Waals surface area contributed by atoms with E-state index in [4.69, 9.17) is 4.74 Å². The van der Waals surface area contributed by atoms with Gasteiger partial charge in [0.2, 0.25) is 5.91 Å². The van der Waals surface area contributed by atoms with Crippen molar-refractivity contribution >= 4 is 11.9 Å². The fourth-order valence-corrected chi connectivity index (χ4v) is 7.82. The number of ether oxygens (including phenoxy) is 1. The molecule has 66 heavy (non-hydrogen) atoms. The van der Waals surface area contributed by atoms with Gasteiger partial charge >= 0.3 is 5.97 Å². The Balaban J connectivity index is 4.71. The van der Waals surface area contributed by atoms with Gasteiger partial charge in [-0.2, -0.15) is 0 Å². The predicted molar refractivity (Wildman–Crippen MR) is 287 cm³/mol. The quantitative estimate of drug-likeness (QED) is 0.0245. The molecule has 0 aromatic carbocycles. The second-order valence-corrected chi connectivity index (χ2v) is 18.4. The third kappa shape index (κ3) is 47.3. The smallest absolute Gasteiger partial charge is 0.306 e. The number of carbonyl (C=O) groups is 2. The van der Waals surface area contributed by atoms with Gasteiger partial charge in [0.25, 0.3) is 0 Å². The zero-order chi connectivity index (χ0) is 48.1. The van der Waals surface area contributed by atoms with Crippen LogP contribution < -0.4 is 5.32 Å². The van der Waals surface area contributed by atoms with Crippen LogP contribution in [0, 0.1) is 0 Å². The van der Waals surface area contributed by atoms with E-state index in [2.05, 4.69) is 99.0 Å². The lowest BCUT2D eigenvalue weighted by Gasteiger charge is -2.24. The van der Waals surface area contributed by atoms with Crippen LogP contribution in [0.15, 0.2) is 97.2 Å². The normalized spacial score (nSPS) is 14.0. The number of unbranched alkanes of at least 4 members (excludes halogenated alkanes) is 24.